The summed E-state index contributed by atoms with van der Waals surface area (Å²) >= 11 is 1.83. The fourth-order valence-electron chi connectivity index (χ4n) is 3.28. The summed E-state index contributed by atoms with van der Waals surface area (Å²) in [6.45, 7) is 8.57. The first-order valence-corrected chi connectivity index (χ1v) is 10.0. The van der Waals surface area contributed by atoms with E-state index in [-0.39, 0.29) is 30.0 Å². The second-order valence-electron chi connectivity index (χ2n) is 6.20. The molecule has 2 fully saturated rings. The van der Waals surface area contributed by atoms with Crippen LogP contribution in [0.4, 0.5) is 0 Å². The first-order chi connectivity index (χ1) is 11.2. The normalized spacial score (nSPS) is 20.7. The summed E-state index contributed by atoms with van der Waals surface area (Å²) in [6.07, 6.45) is 4.43. The number of likely N-dealkylation sites (tertiary alicyclic amines) is 1. The van der Waals surface area contributed by atoms with E-state index < -0.39 is 0 Å². The second kappa shape index (κ2) is 11.4. The number of halogens is 1. The SMILES string of the molecule is CN=C(NCCSC)N1CCN(C(C)C(=O)N2CCCC2)CC1.I. The van der Waals surface area contributed by atoms with Crippen molar-refractivity contribution < 1.29 is 4.79 Å². The summed E-state index contributed by atoms with van der Waals surface area (Å²) < 4.78 is 0. The first kappa shape index (κ1) is 21.8. The fraction of sp³-hybridized carbons (Fsp3) is 0.875. The quantitative estimate of drug-likeness (QED) is 0.284. The second-order valence-corrected chi connectivity index (χ2v) is 7.18. The van der Waals surface area contributed by atoms with Crippen molar-refractivity contribution in [2.45, 2.75) is 25.8 Å². The van der Waals surface area contributed by atoms with Crippen molar-refractivity contribution >= 4 is 47.6 Å². The maximum absolute atomic E-state index is 12.5. The molecule has 1 unspecified atom stereocenters. The molecule has 1 N–H and O–H groups in total. The summed E-state index contributed by atoms with van der Waals surface area (Å²) in [5.41, 5.74) is 0. The molecule has 0 bridgehead atoms. The zero-order valence-electron chi connectivity index (χ0n) is 15.2. The van der Waals surface area contributed by atoms with Crippen LogP contribution in [0.2, 0.25) is 0 Å². The number of nitrogens with one attached hydrogen (secondary N) is 1. The molecule has 1 atom stereocenters. The molecule has 0 radical (unpaired) electrons. The molecule has 0 aromatic carbocycles. The van der Waals surface area contributed by atoms with E-state index in [0.717, 1.165) is 70.4 Å². The van der Waals surface area contributed by atoms with Crippen molar-refractivity contribution in [2.75, 3.05) is 64.9 Å². The van der Waals surface area contributed by atoms with Crippen molar-refractivity contribution in [2.24, 2.45) is 4.99 Å². The van der Waals surface area contributed by atoms with Gasteiger partial charge in [-0.25, -0.2) is 0 Å². The summed E-state index contributed by atoms with van der Waals surface area (Å²) in [4.78, 5) is 23.5. The number of guanidine groups is 1. The first-order valence-electron chi connectivity index (χ1n) is 8.64. The molecule has 140 valence electrons. The lowest BCUT2D eigenvalue weighted by Crippen LogP contribution is -2.57. The lowest BCUT2D eigenvalue weighted by molar-refractivity contribution is -0.135. The van der Waals surface area contributed by atoms with Gasteiger partial charge in [0.15, 0.2) is 5.96 Å². The van der Waals surface area contributed by atoms with Crippen molar-refractivity contribution in [1.29, 1.82) is 0 Å². The van der Waals surface area contributed by atoms with Crippen LogP contribution in [0.1, 0.15) is 19.8 Å². The number of hydrogen-bond donors (Lipinski definition) is 1. The highest BCUT2D eigenvalue weighted by Crippen LogP contribution is 2.14. The molecule has 24 heavy (non-hydrogen) atoms. The van der Waals surface area contributed by atoms with Crippen molar-refractivity contribution in [3.8, 4) is 0 Å². The predicted molar refractivity (Wildman–Crippen MR) is 114 cm³/mol. The third kappa shape index (κ3) is 5.94. The lowest BCUT2D eigenvalue weighted by atomic mass is 10.2. The summed E-state index contributed by atoms with van der Waals surface area (Å²) in [7, 11) is 1.84. The number of aliphatic imine (C=N–C) groups is 1. The molecule has 6 nitrogen and oxygen atoms in total. The van der Waals surface area contributed by atoms with E-state index in [2.05, 4.69) is 33.3 Å². The Hall–Kier alpha value is -0.220. The van der Waals surface area contributed by atoms with Gasteiger partial charge in [0.1, 0.15) is 0 Å². The van der Waals surface area contributed by atoms with E-state index in [1.165, 1.54) is 0 Å². The van der Waals surface area contributed by atoms with Crippen LogP contribution >= 0.6 is 35.7 Å². The van der Waals surface area contributed by atoms with Crippen LogP contribution < -0.4 is 5.32 Å². The zero-order chi connectivity index (χ0) is 16.7. The molecule has 2 aliphatic rings. The molecule has 2 saturated heterocycles. The molecule has 1 amide bonds. The Morgan fingerprint density at radius 3 is 2.29 bits per heavy atom. The largest absolute Gasteiger partial charge is 0.355 e. The van der Waals surface area contributed by atoms with Crippen LogP contribution in [0.25, 0.3) is 0 Å². The smallest absolute Gasteiger partial charge is 0.239 e. The number of piperazine rings is 1. The molecular weight excluding hydrogens is 437 g/mol. The molecule has 0 aromatic rings. The number of thioether (sulfide) groups is 1. The maximum Gasteiger partial charge on any atom is 0.239 e. The predicted octanol–water partition coefficient (Wildman–Crippen LogP) is 1.17. The van der Waals surface area contributed by atoms with E-state index >= 15 is 0 Å². The molecule has 0 aliphatic carbocycles. The van der Waals surface area contributed by atoms with Gasteiger partial charge in [-0.05, 0) is 26.0 Å². The van der Waals surface area contributed by atoms with Gasteiger partial charge in [-0.15, -0.1) is 24.0 Å². The Morgan fingerprint density at radius 2 is 1.75 bits per heavy atom. The van der Waals surface area contributed by atoms with Crippen molar-refractivity contribution in [3.05, 3.63) is 0 Å². The monoisotopic (exact) mass is 469 g/mol. The highest BCUT2D eigenvalue weighted by atomic mass is 127. The van der Waals surface area contributed by atoms with Crippen LogP contribution in [0, 0.1) is 0 Å². The minimum Gasteiger partial charge on any atom is -0.355 e. The topological polar surface area (TPSA) is 51.2 Å². The summed E-state index contributed by atoms with van der Waals surface area (Å²) in [5, 5.41) is 3.41. The molecule has 0 aromatic heterocycles. The molecule has 0 spiro atoms. The third-order valence-electron chi connectivity index (χ3n) is 4.74. The Kier molecular flexibility index (Phi) is 10.4. The Labute approximate surface area is 167 Å². The van der Waals surface area contributed by atoms with E-state index in [9.17, 15) is 4.79 Å². The number of carbonyl (C=O) groups excluding carboxylic acids is 1. The molecule has 8 heteroatoms. The average Bonchev–Trinajstić information content (AvgIpc) is 3.12. The molecular formula is C16H32IN5OS. The molecule has 2 rings (SSSR count). The van der Waals surface area contributed by atoms with E-state index in [0.29, 0.717) is 5.91 Å². The van der Waals surface area contributed by atoms with Crippen LogP contribution in [0.15, 0.2) is 4.99 Å². The van der Waals surface area contributed by atoms with Crippen LogP contribution in [0.3, 0.4) is 0 Å². The standard InChI is InChI=1S/C16H31N5OS.HI/c1-14(15(22)20-7-4-5-8-20)19-9-11-21(12-10-19)16(17-2)18-6-13-23-3;/h14H,4-13H2,1-3H3,(H,17,18);1H. The zero-order valence-corrected chi connectivity index (χ0v) is 18.3. The van der Waals surface area contributed by atoms with Gasteiger partial charge in [0.05, 0.1) is 6.04 Å². The number of carbonyl (C=O) groups is 1. The van der Waals surface area contributed by atoms with Crippen LogP contribution in [0.5, 0.6) is 0 Å². The van der Waals surface area contributed by atoms with Crippen molar-refractivity contribution in [1.82, 2.24) is 20.0 Å². The number of hydrogen-bond acceptors (Lipinski definition) is 4. The minimum atomic E-state index is 0. The lowest BCUT2D eigenvalue weighted by Gasteiger charge is -2.39. The van der Waals surface area contributed by atoms with Gasteiger partial charge in [0.2, 0.25) is 5.91 Å². The summed E-state index contributed by atoms with van der Waals surface area (Å²) in [5.74, 6) is 2.37. The van der Waals surface area contributed by atoms with Gasteiger partial charge >= 0.3 is 0 Å². The van der Waals surface area contributed by atoms with Gasteiger partial charge in [0, 0.05) is 58.6 Å². The van der Waals surface area contributed by atoms with Gasteiger partial charge in [-0.2, -0.15) is 11.8 Å². The van der Waals surface area contributed by atoms with Gasteiger partial charge < -0.3 is 15.1 Å². The highest BCUT2D eigenvalue weighted by Gasteiger charge is 2.30. The van der Waals surface area contributed by atoms with Gasteiger partial charge in [0.25, 0.3) is 0 Å². The van der Waals surface area contributed by atoms with Crippen LogP contribution in [-0.4, -0.2) is 97.5 Å². The van der Waals surface area contributed by atoms with E-state index in [1.54, 1.807) is 0 Å². The van der Waals surface area contributed by atoms with E-state index in [4.69, 9.17) is 0 Å². The van der Waals surface area contributed by atoms with Crippen LogP contribution in [-0.2, 0) is 4.79 Å². The van der Waals surface area contributed by atoms with Gasteiger partial charge in [-0.3, -0.25) is 14.7 Å². The van der Waals surface area contributed by atoms with Crippen molar-refractivity contribution in [3.63, 3.8) is 0 Å². The third-order valence-corrected chi connectivity index (χ3v) is 5.35. The highest BCUT2D eigenvalue weighted by molar-refractivity contribution is 14.0. The van der Waals surface area contributed by atoms with Gasteiger partial charge in [-0.1, -0.05) is 0 Å². The number of rotatable bonds is 5. The molecule has 0 saturated carbocycles. The van der Waals surface area contributed by atoms with E-state index in [1.807, 2.05) is 23.7 Å². The minimum absolute atomic E-state index is 0. The number of amides is 1. The fourth-order valence-corrected chi connectivity index (χ4v) is 3.58. The maximum atomic E-state index is 12.5. The molecule has 2 aliphatic heterocycles. The Balaban J connectivity index is 0.00000288. The summed E-state index contributed by atoms with van der Waals surface area (Å²) in [6, 6.07) is 0.00159. The Morgan fingerprint density at radius 1 is 1.12 bits per heavy atom. The number of nitrogens with zero attached hydrogens (tertiary/aromatic N) is 4. The Bertz CT molecular complexity index is 409. The average molecular weight is 469 g/mol. The molecule has 2 heterocycles.